The van der Waals surface area contributed by atoms with Crippen LogP contribution in [0, 0.1) is 11.8 Å². The zero-order valence-corrected chi connectivity index (χ0v) is 40.4. The van der Waals surface area contributed by atoms with Crippen LogP contribution in [0.4, 0.5) is 0 Å². The monoisotopic (exact) mass is 835 g/mol. The Labute approximate surface area is 368 Å². The molecule has 0 bridgehead atoms. The fourth-order valence-electron chi connectivity index (χ4n) is 7.99. The zero-order chi connectivity index (χ0) is 43.3. The number of rotatable bonds is 47. The topological polar surface area (TPSA) is 78.9 Å². The van der Waals surface area contributed by atoms with Crippen LogP contribution < -0.4 is 0 Å². The van der Waals surface area contributed by atoms with E-state index in [0.29, 0.717) is 19.3 Å². The van der Waals surface area contributed by atoms with Crippen LogP contribution in [0.25, 0.3) is 0 Å². The van der Waals surface area contributed by atoms with Gasteiger partial charge in [-0.25, -0.2) is 0 Å². The van der Waals surface area contributed by atoms with Gasteiger partial charge in [-0.1, -0.05) is 253 Å². The van der Waals surface area contributed by atoms with E-state index in [9.17, 15) is 14.4 Å². The maximum Gasteiger partial charge on any atom is 0.306 e. The van der Waals surface area contributed by atoms with Crippen molar-refractivity contribution in [3.05, 3.63) is 0 Å². The van der Waals surface area contributed by atoms with Crippen molar-refractivity contribution in [2.45, 2.75) is 298 Å². The van der Waals surface area contributed by atoms with Gasteiger partial charge in [0.25, 0.3) is 0 Å². The van der Waals surface area contributed by atoms with E-state index in [0.717, 1.165) is 69.6 Å². The predicted octanol–water partition coefficient (Wildman–Crippen LogP) is 16.9. The third kappa shape index (κ3) is 47.3. The highest BCUT2D eigenvalue weighted by Gasteiger charge is 2.19. The second kappa shape index (κ2) is 45.9. The number of carbonyl (C=O) groups excluding carboxylic acids is 3. The van der Waals surface area contributed by atoms with E-state index in [2.05, 4.69) is 34.6 Å². The van der Waals surface area contributed by atoms with Gasteiger partial charge in [-0.3, -0.25) is 14.4 Å². The Bertz CT molecular complexity index is 900. The molecule has 0 aromatic carbocycles. The van der Waals surface area contributed by atoms with Crippen LogP contribution in [0.2, 0.25) is 0 Å². The quantitative estimate of drug-likeness (QED) is 0.0345. The molecule has 59 heavy (non-hydrogen) atoms. The molecule has 0 fully saturated rings. The normalized spacial score (nSPS) is 12.1. The van der Waals surface area contributed by atoms with E-state index in [1.807, 2.05) is 0 Å². The van der Waals surface area contributed by atoms with Crippen molar-refractivity contribution < 1.29 is 28.6 Å². The summed E-state index contributed by atoms with van der Waals surface area (Å²) in [4.78, 5) is 37.9. The van der Waals surface area contributed by atoms with Crippen LogP contribution in [0.3, 0.4) is 0 Å². The maximum atomic E-state index is 12.7. The van der Waals surface area contributed by atoms with Crippen molar-refractivity contribution in [3.63, 3.8) is 0 Å². The first kappa shape index (κ1) is 57.4. The fraction of sp³-hybridized carbons (Fsp3) is 0.943. The van der Waals surface area contributed by atoms with E-state index >= 15 is 0 Å². The molecule has 0 aliphatic carbocycles. The van der Waals surface area contributed by atoms with E-state index in [1.165, 1.54) is 180 Å². The summed E-state index contributed by atoms with van der Waals surface area (Å²) >= 11 is 0. The summed E-state index contributed by atoms with van der Waals surface area (Å²) in [5, 5.41) is 0. The maximum absolute atomic E-state index is 12.7. The largest absolute Gasteiger partial charge is 0.462 e. The van der Waals surface area contributed by atoms with Gasteiger partial charge in [-0.05, 0) is 31.1 Å². The predicted molar refractivity (Wildman–Crippen MR) is 252 cm³/mol. The molecule has 0 amide bonds. The van der Waals surface area contributed by atoms with Crippen molar-refractivity contribution in [2.24, 2.45) is 11.8 Å². The van der Waals surface area contributed by atoms with Gasteiger partial charge in [-0.2, -0.15) is 0 Å². The minimum absolute atomic E-state index is 0.0647. The fourth-order valence-corrected chi connectivity index (χ4v) is 7.99. The number of hydrogen-bond acceptors (Lipinski definition) is 6. The Kier molecular flexibility index (Phi) is 44.7. The van der Waals surface area contributed by atoms with Crippen LogP contribution in [0.1, 0.15) is 291 Å². The highest BCUT2D eigenvalue weighted by molar-refractivity contribution is 5.71. The van der Waals surface area contributed by atoms with Crippen LogP contribution in [0.5, 0.6) is 0 Å². The van der Waals surface area contributed by atoms with Crippen LogP contribution in [-0.2, 0) is 28.6 Å². The molecule has 6 heteroatoms. The Morgan fingerprint density at radius 2 is 0.559 bits per heavy atom. The van der Waals surface area contributed by atoms with E-state index in [1.54, 1.807) is 0 Å². The smallest absolute Gasteiger partial charge is 0.306 e. The molecule has 0 aromatic heterocycles. The van der Waals surface area contributed by atoms with Crippen molar-refractivity contribution in [1.82, 2.24) is 0 Å². The standard InChI is InChI=1S/C53H102O6/c1-6-7-8-9-10-11-12-13-14-15-16-17-21-24-27-33-38-43-51(54)57-46-50(59-53(56)45-40-35-30-29-32-37-42-49(4)5)47-58-52(55)44-39-34-28-25-22-19-18-20-23-26-31-36-41-48(2)3/h48-50H,6-47H2,1-5H3/t50-/m1/s1. The van der Waals surface area contributed by atoms with Gasteiger partial charge in [0, 0.05) is 19.3 Å². The molecule has 0 heterocycles. The van der Waals surface area contributed by atoms with Crippen LogP contribution >= 0.6 is 0 Å². The van der Waals surface area contributed by atoms with Crippen molar-refractivity contribution in [2.75, 3.05) is 13.2 Å². The van der Waals surface area contributed by atoms with Crippen molar-refractivity contribution in [3.8, 4) is 0 Å². The number of esters is 3. The Hall–Kier alpha value is -1.59. The molecule has 0 aromatic rings. The van der Waals surface area contributed by atoms with Crippen molar-refractivity contribution >= 4 is 17.9 Å². The molecule has 0 aliphatic heterocycles. The first-order valence-corrected chi connectivity index (χ1v) is 26.2. The average Bonchev–Trinajstić information content (AvgIpc) is 3.20. The minimum atomic E-state index is -0.762. The SMILES string of the molecule is CCCCCCCCCCCCCCCCCCCC(=O)OC[C@H](COC(=O)CCCCCCCCCCCCCCC(C)C)OC(=O)CCCCCCCCC(C)C. The second-order valence-corrected chi connectivity index (χ2v) is 19.1. The molecule has 0 rings (SSSR count). The summed E-state index contributed by atoms with van der Waals surface area (Å²) in [6.07, 6.45) is 46.8. The number of ether oxygens (including phenoxy) is 3. The lowest BCUT2D eigenvalue weighted by Crippen LogP contribution is -2.30. The van der Waals surface area contributed by atoms with E-state index < -0.39 is 6.10 Å². The van der Waals surface area contributed by atoms with E-state index in [-0.39, 0.29) is 31.1 Å². The molecule has 6 nitrogen and oxygen atoms in total. The minimum Gasteiger partial charge on any atom is -0.462 e. The van der Waals surface area contributed by atoms with Gasteiger partial charge in [0.1, 0.15) is 13.2 Å². The molecule has 0 aliphatic rings. The molecular weight excluding hydrogens is 733 g/mol. The highest BCUT2D eigenvalue weighted by atomic mass is 16.6. The average molecular weight is 835 g/mol. The molecule has 0 spiro atoms. The van der Waals surface area contributed by atoms with Gasteiger partial charge in [0.2, 0.25) is 0 Å². The van der Waals surface area contributed by atoms with Gasteiger partial charge in [-0.15, -0.1) is 0 Å². The first-order valence-electron chi connectivity index (χ1n) is 26.2. The van der Waals surface area contributed by atoms with E-state index in [4.69, 9.17) is 14.2 Å². The molecule has 350 valence electrons. The third-order valence-electron chi connectivity index (χ3n) is 12.0. The summed E-state index contributed by atoms with van der Waals surface area (Å²) in [6.45, 7) is 11.3. The summed E-state index contributed by atoms with van der Waals surface area (Å²) in [7, 11) is 0. The summed E-state index contributed by atoms with van der Waals surface area (Å²) in [6, 6.07) is 0. The van der Waals surface area contributed by atoms with Gasteiger partial charge in [0.15, 0.2) is 6.10 Å². The third-order valence-corrected chi connectivity index (χ3v) is 12.0. The number of carbonyl (C=O) groups is 3. The molecule has 0 unspecified atom stereocenters. The molecule has 0 saturated heterocycles. The second-order valence-electron chi connectivity index (χ2n) is 19.1. The Balaban J connectivity index is 4.23. The Morgan fingerprint density at radius 3 is 0.831 bits per heavy atom. The molecule has 0 N–H and O–H groups in total. The number of hydrogen-bond donors (Lipinski definition) is 0. The zero-order valence-electron chi connectivity index (χ0n) is 40.4. The summed E-state index contributed by atoms with van der Waals surface area (Å²) < 4.78 is 16.8. The lowest BCUT2D eigenvalue weighted by atomic mass is 10.0. The number of unbranched alkanes of at least 4 members (excludes halogenated alkanes) is 32. The molecule has 1 atom stereocenters. The lowest BCUT2D eigenvalue weighted by molar-refractivity contribution is -0.167. The highest BCUT2D eigenvalue weighted by Crippen LogP contribution is 2.17. The van der Waals surface area contributed by atoms with Gasteiger partial charge >= 0.3 is 17.9 Å². The summed E-state index contributed by atoms with van der Waals surface area (Å²) in [5.41, 5.74) is 0. The first-order chi connectivity index (χ1) is 28.7. The van der Waals surface area contributed by atoms with Crippen LogP contribution in [-0.4, -0.2) is 37.2 Å². The summed E-state index contributed by atoms with van der Waals surface area (Å²) in [5.74, 6) is 0.740. The molecular formula is C53H102O6. The van der Waals surface area contributed by atoms with Gasteiger partial charge < -0.3 is 14.2 Å². The Morgan fingerprint density at radius 1 is 0.322 bits per heavy atom. The molecule has 0 radical (unpaired) electrons. The van der Waals surface area contributed by atoms with Gasteiger partial charge in [0.05, 0.1) is 0 Å². The molecule has 0 saturated carbocycles. The van der Waals surface area contributed by atoms with Crippen molar-refractivity contribution in [1.29, 1.82) is 0 Å². The lowest BCUT2D eigenvalue weighted by Gasteiger charge is -2.18. The van der Waals surface area contributed by atoms with Crippen LogP contribution in [0.15, 0.2) is 0 Å².